The third-order valence-electron chi connectivity index (χ3n) is 2.57. The Labute approximate surface area is 106 Å². The van der Waals surface area contributed by atoms with E-state index < -0.39 is 17.7 Å². The van der Waals surface area contributed by atoms with Gasteiger partial charge in [-0.3, -0.25) is 9.78 Å². The van der Waals surface area contributed by atoms with Crippen LogP contribution < -0.4 is 5.32 Å². The Morgan fingerprint density at radius 3 is 2.61 bits per heavy atom. The minimum atomic E-state index is -0.744. The van der Waals surface area contributed by atoms with Gasteiger partial charge in [0.1, 0.15) is 11.6 Å². The van der Waals surface area contributed by atoms with E-state index in [9.17, 15) is 13.6 Å². The van der Waals surface area contributed by atoms with Gasteiger partial charge >= 0.3 is 0 Å². The fourth-order valence-electron chi connectivity index (χ4n) is 1.55. The second-order valence-electron chi connectivity index (χ2n) is 4.74. The SMILES string of the molecule is CC(C)CCC(=O)NC(C)c1ncc(F)cc1F. The molecule has 1 aromatic heterocycles. The van der Waals surface area contributed by atoms with E-state index in [1.54, 1.807) is 6.92 Å². The quantitative estimate of drug-likeness (QED) is 0.880. The molecule has 1 aromatic rings. The van der Waals surface area contributed by atoms with E-state index in [2.05, 4.69) is 10.3 Å². The summed E-state index contributed by atoms with van der Waals surface area (Å²) in [6.45, 7) is 5.67. The third kappa shape index (κ3) is 4.39. The van der Waals surface area contributed by atoms with Crippen LogP contribution in [0.4, 0.5) is 8.78 Å². The summed E-state index contributed by atoms with van der Waals surface area (Å²) >= 11 is 0. The molecule has 0 aliphatic rings. The molecule has 1 atom stereocenters. The van der Waals surface area contributed by atoms with Gasteiger partial charge < -0.3 is 5.32 Å². The highest BCUT2D eigenvalue weighted by molar-refractivity contribution is 5.76. The highest BCUT2D eigenvalue weighted by Gasteiger charge is 2.15. The molecule has 0 aliphatic carbocycles. The lowest BCUT2D eigenvalue weighted by Gasteiger charge is -2.14. The Kier molecular flexibility index (Phi) is 5.19. The molecule has 100 valence electrons. The van der Waals surface area contributed by atoms with Gasteiger partial charge in [0.2, 0.25) is 5.91 Å². The summed E-state index contributed by atoms with van der Waals surface area (Å²) < 4.78 is 26.1. The fraction of sp³-hybridized carbons (Fsp3) is 0.538. The monoisotopic (exact) mass is 256 g/mol. The van der Waals surface area contributed by atoms with Gasteiger partial charge in [0.25, 0.3) is 0 Å². The van der Waals surface area contributed by atoms with Gasteiger partial charge in [-0.05, 0) is 19.3 Å². The molecule has 0 aliphatic heterocycles. The number of pyridine rings is 1. The Hall–Kier alpha value is -1.52. The van der Waals surface area contributed by atoms with Crippen LogP contribution in [-0.2, 0) is 4.79 Å². The first-order valence-electron chi connectivity index (χ1n) is 6.00. The maximum absolute atomic E-state index is 13.4. The van der Waals surface area contributed by atoms with E-state index in [0.29, 0.717) is 12.3 Å². The minimum Gasteiger partial charge on any atom is -0.348 e. The minimum absolute atomic E-state index is 0.0503. The van der Waals surface area contributed by atoms with E-state index in [1.807, 2.05) is 13.8 Å². The first-order chi connectivity index (χ1) is 8.40. The van der Waals surface area contributed by atoms with E-state index in [4.69, 9.17) is 0 Å². The van der Waals surface area contributed by atoms with Crippen LogP contribution in [0.1, 0.15) is 45.3 Å². The molecular formula is C13H18F2N2O. The Bertz CT molecular complexity index is 421. The molecule has 1 unspecified atom stereocenters. The van der Waals surface area contributed by atoms with Crippen LogP contribution in [-0.4, -0.2) is 10.9 Å². The molecule has 18 heavy (non-hydrogen) atoms. The van der Waals surface area contributed by atoms with Crippen molar-refractivity contribution >= 4 is 5.91 Å². The van der Waals surface area contributed by atoms with Crippen molar-refractivity contribution < 1.29 is 13.6 Å². The molecule has 0 saturated carbocycles. The average Bonchev–Trinajstić information content (AvgIpc) is 2.26. The van der Waals surface area contributed by atoms with E-state index >= 15 is 0 Å². The van der Waals surface area contributed by atoms with Crippen molar-refractivity contribution in [2.75, 3.05) is 0 Å². The normalized spacial score (nSPS) is 12.6. The summed E-state index contributed by atoms with van der Waals surface area (Å²) in [4.78, 5) is 15.2. The second kappa shape index (κ2) is 6.42. The van der Waals surface area contributed by atoms with Crippen molar-refractivity contribution in [2.45, 2.75) is 39.7 Å². The summed E-state index contributed by atoms with van der Waals surface area (Å²) in [6.07, 6.45) is 2.11. The van der Waals surface area contributed by atoms with Crippen LogP contribution in [0.15, 0.2) is 12.3 Å². The highest BCUT2D eigenvalue weighted by atomic mass is 19.1. The lowest BCUT2D eigenvalue weighted by molar-refractivity contribution is -0.122. The smallest absolute Gasteiger partial charge is 0.220 e. The molecule has 0 fully saturated rings. The number of hydrogen-bond donors (Lipinski definition) is 1. The van der Waals surface area contributed by atoms with Gasteiger partial charge in [0, 0.05) is 12.5 Å². The van der Waals surface area contributed by atoms with Gasteiger partial charge in [-0.15, -0.1) is 0 Å². The number of carbonyl (C=O) groups is 1. The van der Waals surface area contributed by atoms with Gasteiger partial charge in [-0.2, -0.15) is 0 Å². The van der Waals surface area contributed by atoms with Crippen molar-refractivity contribution in [3.63, 3.8) is 0 Å². The van der Waals surface area contributed by atoms with Crippen molar-refractivity contribution in [1.29, 1.82) is 0 Å². The first kappa shape index (κ1) is 14.5. The molecule has 1 heterocycles. The zero-order chi connectivity index (χ0) is 13.7. The molecule has 1 rings (SSSR count). The molecule has 0 bridgehead atoms. The van der Waals surface area contributed by atoms with Gasteiger partial charge in [-0.1, -0.05) is 13.8 Å². The predicted octanol–water partition coefficient (Wildman–Crippen LogP) is 2.97. The zero-order valence-corrected chi connectivity index (χ0v) is 10.8. The number of rotatable bonds is 5. The molecule has 0 spiro atoms. The fourth-order valence-corrected chi connectivity index (χ4v) is 1.55. The van der Waals surface area contributed by atoms with Crippen molar-refractivity contribution in [3.05, 3.63) is 29.6 Å². The third-order valence-corrected chi connectivity index (χ3v) is 2.57. The van der Waals surface area contributed by atoms with Crippen LogP contribution >= 0.6 is 0 Å². The van der Waals surface area contributed by atoms with Gasteiger partial charge in [0.05, 0.1) is 17.9 Å². The number of nitrogens with one attached hydrogen (secondary N) is 1. The topological polar surface area (TPSA) is 42.0 Å². The lowest BCUT2D eigenvalue weighted by Crippen LogP contribution is -2.28. The van der Waals surface area contributed by atoms with Crippen LogP contribution in [0.2, 0.25) is 0 Å². The summed E-state index contributed by atoms with van der Waals surface area (Å²) in [6, 6.07) is 0.198. The van der Waals surface area contributed by atoms with Crippen molar-refractivity contribution in [2.24, 2.45) is 5.92 Å². The molecular weight excluding hydrogens is 238 g/mol. The predicted molar refractivity (Wildman–Crippen MR) is 64.8 cm³/mol. The zero-order valence-electron chi connectivity index (χ0n) is 10.8. The van der Waals surface area contributed by atoms with E-state index in [0.717, 1.165) is 18.7 Å². The Morgan fingerprint density at radius 1 is 1.39 bits per heavy atom. The number of halogens is 2. The molecule has 0 aromatic carbocycles. The molecule has 1 amide bonds. The van der Waals surface area contributed by atoms with E-state index in [1.165, 1.54) is 0 Å². The summed E-state index contributed by atoms with van der Waals surface area (Å²) in [7, 11) is 0. The lowest BCUT2D eigenvalue weighted by atomic mass is 10.1. The summed E-state index contributed by atoms with van der Waals surface area (Å²) in [5, 5.41) is 2.65. The Balaban J connectivity index is 2.59. The largest absolute Gasteiger partial charge is 0.348 e. The van der Waals surface area contributed by atoms with Crippen molar-refractivity contribution in [1.82, 2.24) is 10.3 Å². The summed E-state index contributed by atoms with van der Waals surface area (Å²) in [5.74, 6) is -1.19. The number of aromatic nitrogens is 1. The maximum atomic E-state index is 13.4. The average molecular weight is 256 g/mol. The molecule has 3 nitrogen and oxygen atoms in total. The maximum Gasteiger partial charge on any atom is 0.220 e. The van der Waals surface area contributed by atoms with Crippen molar-refractivity contribution in [3.8, 4) is 0 Å². The van der Waals surface area contributed by atoms with E-state index in [-0.39, 0.29) is 11.6 Å². The van der Waals surface area contributed by atoms with Crippen LogP contribution in [0, 0.1) is 17.6 Å². The number of carbonyl (C=O) groups excluding carboxylic acids is 1. The summed E-state index contributed by atoms with van der Waals surface area (Å²) in [5.41, 5.74) is 0.0503. The molecule has 5 heteroatoms. The standard InChI is InChI=1S/C13H18F2N2O/c1-8(2)4-5-12(18)17-9(3)13-11(15)6-10(14)7-16-13/h6-9H,4-5H2,1-3H3,(H,17,18). The number of amides is 1. The second-order valence-corrected chi connectivity index (χ2v) is 4.74. The molecule has 0 radical (unpaired) electrons. The highest BCUT2D eigenvalue weighted by Crippen LogP contribution is 2.15. The van der Waals surface area contributed by atoms with Crippen LogP contribution in [0.25, 0.3) is 0 Å². The Morgan fingerprint density at radius 2 is 2.06 bits per heavy atom. The van der Waals surface area contributed by atoms with Crippen LogP contribution in [0.3, 0.4) is 0 Å². The molecule has 1 N–H and O–H groups in total. The van der Waals surface area contributed by atoms with Gasteiger partial charge in [0.15, 0.2) is 0 Å². The van der Waals surface area contributed by atoms with Gasteiger partial charge in [-0.25, -0.2) is 8.78 Å². The number of nitrogens with zero attached hydrogens (tertiary/aromatic N) is 1. The van der Waals surface area contributed by atoms with Crippen LogP contribution in [0.5, 0.6) is 0 Å². The molecule has 0 saturated heterocycles. The number of hydrogen-bond acceptors (Lipinski definition) is 2. The first-order valence-corrected chi connectivity index (χ1v) is 6.00.